The van der Waals surface area contributed by atoms with Crippen molar-refractivity contribution >= 4 is 22.9 Å². The van der Waals surface area contributed by atoms with Gasteiger partial charge in [0.05, 0.1) is 11.7 Å². The van der Waals surface area contributed by atoms with Gasteiger partial charge in [-0.15, -0.1) is 5.10 Å². The summed E-state index contributed by atoms with van der Waals surface area (Å²) in [6, 6.07) is 1.89. The topological polar surface area (TPSA) is 51.8 Å². The Morgan fingerprint density at radius 2 is 2.33 bits per heavy atom. The van der Waals surface area contributed by atoms with Gasteiger partial charge >= 0.3 is 0 Å². The molecule has 1 unspecified atom stereocenters. The largest absolute Gasteiger partial charge is 0.319 e. The second-order valence-electron chi connectivity index (χ2n) is 2.36. The van der Waals surface area contributed by atoms with Crippen molar-refractivity contribution in [2.24, 2.45) is 5.73 Å². The minimum Gasteiger partial charge on any atom is -0.319 e. The molecule has 0 aliphatic heterocycles. The predicted octanol–water partition coefficient (Wildman–Crippen LogP) is 1.65. The average Bonchev–Trinajstić information content (AvgIpc) is 2.77. The van der Waals surface area contributed by atoms with Crippen LogP contribution >= 0.6 is 22.9 Å². The molecule has 0 aliphatic rings. The zero-order valence-corrected chi connectivity index (χ0v) is 7.81. The summed E-state index contributed by atoms with van der Waals surface area (Å²) < 4.78 is 3.77. The zero-order chi connectivity index (χ0) is 8.39. The Balaban J connectivity index is 2.27. The zero-order valence-electron chi connectivity index (χ0n) is 6.18. The molecule has 0 fully saturated rings. The van der Waals surface area contributed by atoms with E-state index in [1.807, 2.05) is 22.2 Å². The molecule has 5 heteroatoms. The summed E-state index contributed by atoms with van der Waals surface area (Å²) in [6.07, 6.45) is 0. The first-order chi connectivity index (χ1) is 5.88. The van der Waals surface area contributed by atoms with E-state index >= 15 is 0 Å². The van der Waals surface area contributed by atoms with Gasteiger partial charge in [-0.3, -0.25) is 0 Å². The molecule has 2 N–H and O–H groups in total. The lowest BCUT2D eigenvalue weighted by atomic mass is 10.1. The fourth-order valence-electron chi connectivity index (χ4n) is 0.930. The molecule has 0 saturated carbocycles. The first-order valence-electron chi connectivity index (χ1n) is 3.42. The summed E-state index contributed by atoms with van der Waals surface area (Å²) in [5.74, 6) is 0. The van der Waals surface area contributed by atoms with E-state index in [-0.39, 0.29) is 6.04 Å². The molecule has 0 bridgehead atoms. The van der Waals surface area contributed by atoms with Gasteiger partial charge in [0.25, 0.3) is 0 Å². The number of rotatable bonds is 2. The van der Waals surface area contributed by atoms with Crippen LogP contribution in [0.4, 0.5) is 0 Å². The Morgan fingerprint density at radius 3 is 2.92 bits per heavy atom. The molecule has 0 aliphatic carbocycles. The molecule has 1 atom stereocenters. The molecule has 3 nitrogen and oxygen atoms in total. The fraction of sp³-hybridized carbons (Fsp3) is 0.143. The lowest BCUT2D eigenvalue weighted by Crippen LogP contribution is -2.11. The van der Waals surface area contributed by atoms with Gasteiger partial charge in [0.1, 0.15) is 0 Å². The highest BCUT2D eigenvalue weighted by molar-refractivity contribution is 7.08. The molecule has 2 aromatic rings. The van der Waals surface area contributed by atoms with Crippen LogP contribution in [0, 0.1) is 0 Å². The van der Waals surface area contributed by atoms with Gasteiger partial charge in [-0.1, -0.05) is 4.49 Å². The van der Waals surface area contributed by atoms with Crippen molar-refractivity contribution < 1.29 is 0 Å². The van der Waals surface area contributed by atoms with Gasteiger partial charge in [-0.05, 0) is 33.9 Å². The van der Waals surface area contributed by atoms with Crippen molar-refractivity contribution in [2.45, 2.75) is 6.04 Å². The Bertz CT molecular complexity index is 293. The van der Waals surface area contributed by atoms with E-state index in [1.165, 1.54) is 11.5 Å². The van der Waals surface area contributed by atoms with Crippen molar-refractivity contribution in [1.82, 2.24) is 9.59 Å². The molecular formula is C7H7N3S2. The van der Waals surface area contributed by atoms with Crippen molar-refractivity contribution in [3.05, 3.63) is 33.5 Å². The van der Waals surface area contributed by atoms with Gasteiger partial charge < -0.3 is 5.73 Å². The first-order valence-corrected chi connectivity index (χ1v) is 5.20. The van der Waals surface area contributed by atoms with Crippen LogP contribution in [0.25, 0.3) is 0 Å². The highest BCUT2D eigenvalue weighted by Gasteiger charge is 2.10. The van der Waals surface area contributed by atoms with Gasteiger partial charge in [0.15, 0.2) is 0 Å². The summed E-state index contributed by atoms with van der Waals surface area (Å²) >= 11 is 2.97. The second-order valence-corrected chi connectivity index (χ2v) is 3.75. The highest BCUT2D eigenvalue weighted by atomic mass is 32.1. The molecule has 0 saturated heterocycles. The number of thiophene rings is 1. The van der Waals surface area contributed by atoms with Crippen LogP contribution in [0.15, 0.2) is 22.2 Å². The smallest absolute Gasteiger partial charge is 0.0968 e. The third-order valence-electron chi connectivity index (χ3n) is 1.60. The average molecular weight is 197 g/mol. The Hall–Kier alpha value is -0.780. The standard InChI is InChI=1S/C7H7N3S2/c8-7(5-1-2-11-3-5)6-4-12-10-9-6/h1-4,7H,8H2. The van der Waals surface area contributed by atoms with E-state index in [0.717, 1.165) is 11.3 Å². The van der Waals surface area contributed by atoms with Crippen molar-refractivity contribution in [2.75, 3.05) is 0 Å². The van der Waals surface area contributed by atoms with E-state index in [0.29, 0.717) is 0 Å². The minimum absolute atomic E-state index is 0.116. The molecule has 12 heavy (non-hydrogen) atoms. The minimum atomic E-state index is -0.116. The molecule has 62 valence electrons. The van der Waals surface area contributed by atoms with Crippen LogP contribution in [0.5, 0.6) is 0 Å². The van der Waals surface area contributed by atoms with Gasteiger partial charge in [-0.25, -0.2) is 0 Å². The van der Waals surface area contributed by atoms with Crippen LogP contribution in [-0.4, -0.2) is 9.59 Å². The SMILES string of the molecule is NC(c1ccsc1)c1csnn1. The summed E-state index contributed by atoms with van der Waals surface area (Å²) in [6.45, 7) is 0. The summed E-state index contributed by atoms with van der Waals surface area (Å²) in [5.41, 5.74) is 7.87. The Labute approximate surface area is 78.0 Å². The maximum absolute atomic E-state index is 5.92. The van der Waals surface area contributed by atoms with Crippen LogP contribution in [0.1, 0.15) is 17.3 Å². The Kier molecular flexibility index (Phi) is 2.16. The lowest BCUT2D eigenvalue weighted by Gasteiger charge is -2.03. The molecule has 2 rings (SSSR count). The normalized spacial score (nSPS) is 13.1. The Morgan fingerprint density at radius 1 is 1.42 bits per heavy atom. The fourth-order valence-corrected chi connectivity index (χ4v) is 2.12. The van der Waals surface area contributed by atoms with Crippen molar-refractivity contribution in [3.63, 3.8) is 0 Å². The van der Waals surface area contributed by atoms with Crippen molar-refractivity contribution in [3.8, 4) is 0 Å². The molecular weight excluding hydrogens is 190 g/mol. The van der Waals surface area contributed by atoms with Crippen LogP contribution < -0.4 is 5.73 Å². The van der Waals surface area contributed by atoms with Crippen LogP contribution in [-0.2, 0) is 0 Å². The number of nitrogens with two attached hydrogens (primary N) is 1. The summed E-state index contributed by atoms with van der Waals surface area (Å²) in [4.78, 5) is 0. The second kappa shape index (κ2) is 3.30. The predicted molar refractivity (Wildman–Crippen MR) is 50.3 cm³/mol. The molecule has 0 spiro atoms. The summed E-state index contributed by atoms with van der Waals surface area (Å²) in [7, 11) is 0. The maximum Gasteiger partial charge on any atom is 0.0968 e. The van der Waals surface area contributed by atoms with Crippen molar-refractivity contribution in [1.29, 1.82) is 0 Å². The highest BCUT2D eigenvalue weighted by Crippen LogP contribution is 2.20. The van der Waals surface area contributed by atoms with Gasteiger partial charge in [0.2, 0.25) is 0 Å². The number of aromatic nitrogens is 2. The molecule has 2 heterocycles. The molecule has 0 aromatic carbocycles. The van der Waals surface area contributed by atoms with E-state index < -0.39 is 0 Å². The van der Waals surface area contributed by atoms with E-state index in [1.54, 1.807) is 11.3 Å². The first kappa shape index (κ1) is 7.85. The number of nitrogens with zero attached hydrogens (tertiary/aromatic N) is 2. The molecule has 0 radical (unpaired) electrons. The monoisotopic (exact) mass is 197 g/mol. The number of hydrogen-bond donors (Lipinski definition) is 1. The third-order valence-corrected chi connectivity index (χ3v) is 2.82. The number of hydrogen-bond acceptors (Lipinski definition) is 5. The van der Waals surface area contributed by atoms with E-state index in [4.69, 9.17) is 5.73 Å². The quantitative estimate of drug-likeness (QED) is 0.796. The van der Waals surface area contributed by atoms with Gasteiger partial charge in [0, 0.05) is 5.38 Å². The van der Waals surface area contributed by atoms with Crippen LogP contribution in [0.3, 0.4) is 0 Å². The van der Waals surface area contributed by atoms with Crippen LogP contribution in [0.2, 0.25) is 0 Å². The molecule has 0 amide bonds. The van der Waals surface area contributed by atoms with Gasteiger partial charge in [-0.2, -0.15) is 11.3 Å². The van der Waals surface area contributed by atoms with E-state index in [2.05, 4.69) is 9.59 Å². The summed E-state index contributed by atoms with van der Waals surface area (Å²) in [5, 5.41) is 9.84. The maximum atomic E-state index is 5.92. The molecule has 2 aromatic heterocycles. The lowest BCUT2D eigenvalue weighted by molar-refractivity contribution is 0.822. The van der Waals surface area contributed by atoms with E-state index in [9.17, 15) is 0 Å². The third kappa shape index (κ3) is 1.38.